The van der Waals surface area contributed by atoms with Gasteiger partial charge in [0.2, 0.25) is 0 Å². The number of urea groups is 1. The summed E-state index contributed by atoms with van der Waals surface area (Å²) in [6.07, 6.45) is 0. The van der Waals surface area contributed by atoms with E-state index < -0.39 is 17.0 Å². The summed E-state index contributed by atoms with van der Waals surface area (Å²) in [6.45, 7) is 0. The average molecular weight is 209 g/mol. The molecular formula is C8H7N3O4. The summed E-state index contributed by atoms with van der Waals surface area (Å²) in [7, 11) is 0. The molecule has 1 aromatic rings. The molecule has 1 rings (SSSR count). The van der Waals surface area contributed by atoms with Crippen LogP contribution in [-0.4, -0.2) is 22.0 Å². The number of amides is 3. The average Bonchev–Trinajstić information content (AvgIpc) is 2.18. The van der Waals surface area contributed by atoms with Gasteiger partial charge in [0.05, 0.1) is 0 Å². The molecule has 0 atom stereocenters. The fraction of sp³-hybridized carbons (Fsp3) is 0. The monoisotopic (exact) mass is 209 g/mol. The van der Waals surface area contributed by atoms with Crippen molar-refractivity contribution in [2.45, 2.75) is 0 Å². The lowest BCUT2D eigenvalue weighted by Crippen LogP contribution is -2.44. The summed E-state index contributed by atoms with van der Waals surface area (Å²) in [5.74, 6) is -1.06. The summed E-state index contributed by atoms with van der Waals surface area (Å²) in [4.78, 5) is 32.4. The summed E-state index contributed by atoms with van der Waals surface area (Å²) < 4.78 is 0. The van der Waals surface area contributed by atoms with Gasteiger partial charge in [0.25, 0.3) is 0 Å². The molecule has 7 nitrogen and oxygen atoms in total. The molecule has 2 N–H and O–H groups in total. The number of nitrogens with zero attached hydrogens (tertiary/aromatic N) is 2. The zero-order valence-electron chi connectivity index (χ0n) is 7.49. The zero-order chi connectivity index (χ0) is 11.4. The van der Waals surface area contributed by atoms with Gasteiger partial charge < -0.3 is 5.73 Å². The number of hydrazine groups is 1. The van der Waals surface area contributed by atoms with E-state index in [2.05, 4.69) is 0 Å². The number of nitrogens with two attached hydrogens (primary N) is 1. The van der Waals surface area contributed by atoms with Crippen molar-refractivity contribution < 1.29 is 14.6 Å². The lowest BCUT2D eigenvalue weighted by molar-refractivity contribution is -0.609. The molecule has 15 heavy (non-hydrogen) atoms. The van der Waals surface area contributed by atoms with Crippen molar-refractivity contribution in [2.24, 2.45) is 5.73 Å². The van der Waals surface area contributed by atoms with Gasteiger partial charge in [-0.3, -0.25) is 4.79 Å². The van der Waals surface area contributed by atoms with Gasteiger partial charge in [-0.25, -0.2) is 14.9 Å². The van der Waals surface area contributed by atoms with Crippen LogP contribution in [0.3, 0.4) is 0 Å². The number of benzene rings is 1. The van der Waals surface area contributed by atoms with Crippen molar-refractivity contribution in [3.05, 3.63) is 46.0 Å². The Kier molecular flexibility index (Phi) is 2.97. The third-order valence-electron chi connectivity index (χ3n) is 1.59. The van der Waals surface area contributed by atoms with Crippen LogP contribution < -0.4 is 5.73 Å². The Balaban J connectivity index is 3.02. The van der Waals surface area contributed by atoms with E-state index in [1.165, 1.54) is 24.3 Å². The minimum atomic E-state index is -1.42. The Morgan fingerprint density at radius 2 is 1.80 bits per heavy atom. The molecule has 0 heterocycles. The van der Waals surface area contributed by atoms with Crippen LogP contribution >= 0.6 is 0 Å². The van der Waals surface area contributed by atoms with Gasteiger partial charge in [-0.15, -0.1) is 0 Å². The van der Waals surface area contributed by atoms with Crippen LogP contribution in [0.4, 0.5) is 4.79 Å². The van der Waals surface area contributed by atoms with Crippen LogP contribution in [0.1, 0.15) is 10.4 Å². The number of rotatable bonds is 2. The van der Waals surface area contributed by atoms with Gasteiger partial charge in [-0.1, -0.05) is 18.2 Å². The van der Waals surface area contributed by atoms with Crippen molar-refractivity contribution in [1.29, 1.82) is 0 Å². The maximum Gasteiger partial charge on any atom is 0.382 e. The van der Waals surface area contributed by atoms with Crippen LogP contribution in [0.15, 0.2) is 30.3 Å². The zero-order valence-corrected chi connectivity index (χ0v) is 7.49. The van der Waals surface area contributed by atoms with Crippen LogP contribution in [-0.2, 0) is 0 Å². The van der Waals surface area contributed by atoms with E-state index >= 15 is 0 Å². The third-order valence-corrected chi connectivity index (χ3v) is 1.59. The summed E-state index contributed by atoms with van der Waals surface area (Å²) >= 11 is 0. The molecule has 7 heteroatoms. The molecular weight excluding hydrogens is 202 g/mol. The minimum Gasteiger partial charge on any atom is -0.347 e. The van der Waals surface area contributed by atoms with Gasteiger partial charge >= 0.3 is 11.9 Å². The second-order valence-corrected chi connectivity index (χ2v) is 2.56. The van der Waals surface area contributed by atoms with Crippen LogP contribution in [0, 0.1) is 10.1 Å². The predicted octanol–water partition coefficient (Wildman–Crippen LogP) is 0.399. The maximum atomic E-state index is 11.4. The molecule has 0 radical (unpaired) electrons. The van der Waals surface area contributed by atoms with E-state index in [4.69, 9.17) is 5.73 Å². The number of hydrogen-bond donors (Lipinski definition) is 1. The molecule has 0 aliphatic rings. The predicted molar refractivity (Wildman–Crippen MR) is 49.2 cm³/mol. The second-order valence-electron chi connectivity index (χ2n) is 2.56. The smallest absolute Gasteiger partial charge is 0.347 e. The van der Waals surface area contributed by atoms with Gasteiger partial charge in [0.1, 0.15) is 0 Å². The van der Waals surface area contributed by atoms with Crippen molar-refractivity contribution >= 4 is 11.9 Å². The molecule has 0 aromatic heterocycles. The van der Waals surface area contributed by atoms with E-state index in [0.29, 0.717) is 0 Å². The highest BCUT2D eigenvalue weighted by atomic mass is 16.7. The highest BCUT2D eigenvalue weighted by molar-refractivity contribution is 6.02. The first-order valence-corrected chi connectivity index (χ1v) is 3.87. The van der Waals surface area contributed by atoms with E-state index in [9.17, 15) is 19.7 Å². The van der Waals surface area contributed by atoms with E-state index in [1.807, 2.05) is 0 Å². The van der Waals surface area contributed by atoms with E-state index in [1.54, 1.807) is 6.07 Å². The molecule has 0 aliphatic heterocycles. The fourth-order valence-electron chi connectivity index (χ4n) is 0.958. The van der Waals surface area contributed by atoms with Crippen molar-refractivity contribution in [1.82, 2.24) is 5.01 Å². The molecule has 0 spiro atoms. The molecule has 3 amide bonds. The SMILES string of the molecule is NC(=O)N(C(=O)c1ccccc1)[N+](=O)[O-]. The highest BCUT2D eigenvalue weighted by Gasteiger charge is 2.31. The quantitative estimate of drug-likeness (QED) is 0.561. The van der Waals surface area contributed by atoms with Crippen LogP contribution in [0.5, 0.6) is 0 Å². The van der Waals surface area contributed by atoms with Crippen LogP contribution in [0.25, 0.3) is 0 Å². The second kappa shape index (κ2) is 4.18. The third kappa shape index (κ3) is 2.27. The molecule has 1 aromatic carbocycles. The van der Waals surface area contributed by atoms with E-state index in [-0.39, 0.29) is 10.6 Å². The van der Waals surface area contributed by atoms with Crippen molar-refractivity contribution in [3.8, 4) is 0 Å². The number of carbonyl (C=O) groups is 2. The number of carbonyl (C=O) groups excluding carboxylic acids is 2. The lowest BCUT2D eigenvalue weighted by Gasteiger charge is -2.06. The van der Waals surface area contributed by atoms with Gasteiger partial charge in [0.15, 0.2) is 5.03 Å². The minimum absolute atomic E-state index is 0.0213. The highest BCUT2D eigenvalue weighted by Crippen LogP contribution is 2.04. The van der Waals surface area contributed by atoms with Crippen molar-refractivity contribution in [2.75, 3.05) is 0 Å². The summed E-state index contributed by atoms with van der Waals surface area (Å²) in [6, 6.07) is 5.95. The molecule has 0 saturated carbocycles. The number of imide groups is 1. The fourth-order valence-corrected chi connectivity index (χ4v) is 0.958. The first-order chi connectivity index (χ1) is 7.04. The molecule has 0 saturated heterocycles. The van der Waals surface area contributed by atoms with Crippen molar-refractivity contribution in [3.63, 3.8) is 0 Å². The maximum absolute atomic E-state index is 11.4. The molecule has 0 unspecified atom stereocenters. The first kappa shape index (κ1) is 10.6. The molecule has 0 bridgehead atoms. The lowest BCUT2D eigenvalue weighted by atomic mass is 10.2. The normalized spacial score (nSPS) is 9.33. The van der Waals surface area contributed by atoms with Gasteiger partial charge in [-0.05, 0) is 12.1 Å². The molecule has 78 valence electrons. The number of hydrogen-bond acceptors (Lipinski definition) is 4. The van der Waals surface area contributed by atoms with Gasteiger partial charge in [-0.2, -0.15) is 0 Å². The Labute approximate surface area is 84.2 Å². The Morgan fingerprint density at radius 3 is 2.20 bits per heavy atom. The molecule has 0 fully saturated rings. The largest absolute Gasteiger partial charge is 0.382 e. The summed E-state index contributed by atoms with van der Waals surface area (Å²) in [5, 5.41) is 8.97. The molecule has 0 aliphatic carbocycles. The Morgan fingerprint density at radius 1 is 1.27 bits per heavy atom. The van der Waals surface area contributed by atoms with E-state index in [0.717, 1.165) is 0 Å². The van der Waals surface area contributed by atoms with Gasteiger partial charge in [0, 0.05) is 10.6 Å². The first-order valence-electron chi connectivity index (χ1n) is 3.87. The standard InChI is InChI=1S/C8H7N3O4/c9-8(13)10(11(14)15)7(12)6-4-2-1-3-5-6/h1-5H,(H2,9,13). The Hall–Kier alpha value is -2.44. The van der Waals surface area contributed by atoms with Crippen LogP contribution in [0.2, 0.25) is 0 Å². The number of nitro groups is 1. The topological polar surface area (TPSA) is 107 Å². The summed E-state index contributed by atoms with van der Waals surface area (Å²) in [5.41, 5.74) is 4.72. The number of primary amides is 1. The Bertz CT molecular complexity index is 390.